The number of hydrogen-bond donors (Lipinski definition) is 1. The van der Waals surface area contributed by atoms with Crippen LogP contribution in [0, 0.1) is 11.8 Å². The molecule has 4 aliphatic heterocycles. The number of fused-ring (bicyclic) bond motifs is 1. The molecule has 6 nitrogen and oxygen atoms in total. The Labute approximate surface area is 288 Å². The first-order chi connectivity index (χ1) is 22.4. The van der Waals surface area contributed by atoms with E-state index in [1.807, 2.05) is 0 Å². The first-order valence-electron chi connectivity index (χ1n) is 17.7. The fourth-order valence-electron chi connectivity index (χ4n) is 8.79. The summed E-state index contributed by atoms with van der Waals surface area (Å²) < 4.78 is 0. The lowest BCUT2D eigenvalue weighted by Gasteiger charge is -2.48. The quantitative estimate of drug-likeness (QED) is 0.341. The zero-order chi connectivity index (χ0) is 31.6. The summed E-state index contributed by atoms with van der Waals surface area (Å²) in [7, 11) is 0. The zero-order valence-corrected chi connectivity index (χ0v) is 29.6. The van der Waals surface area contributed by atoms with Gasteiger partial charge in [0.25, 0.3) is 0 Å². The number of amides is 1. The third-order valence-electron chi connectivity index (χ3n) is 11.5. The molecule has 3 unspecified atom stereocenters. The Kier molecular flexibility index (Phi) is 10.3. The number of halogens is 2. The lowest BCUT2D eigenvalue weighted by Crippen LogP contribution is -2.59. The summed E-state index contributed by atoms with van der Waals surface area (Å²) in [5.74, 6) is 1.32. The summed E-state index contributed by atoms with van der Waals surface area (Å²) in [6.07, 6.45) is 10.3. The molecule has 7 rings (SSSR count). The van der Waals surface area contributed by atoms with Gasteiger partial charge in [0.15, 0.2) is 0 Å². The molecule has 4 heterocycles. The van der Waals surface area contributed by atoms with Gasteiger partial charge in [0, 0.05) is 62.5 Å². The molecular weight excluding hydrogens is 658 g/mol. The second-order valence-electron chi connectivity index (χ2n) is 14.3. The Bertz CT molecular complexity index is 1430. The van der Waals surface area contributed by atoms with Gasteiger partial charge in [-0.25, -0.2) is 0 Å². The minimum absolute atomic E-state index is 0.180. The second-order valence-corrected chi connectivity index (χ2v) is 15.8. The molecule has 3 fully saturated rings. The molecule has 1 N–H and O–H groups in total. The molecule has 2 aromatic rings. The molecule has 0 aromatic heterocycles. The van der Waals surface area contributed by atoms with Crippen molar-refractivity contribution in [1.29, 1.82) is 0 Å². The molecule has 8 heteroatoms. The summed E-state index contributed by atoms with van der Waals surface area (Å²) in [5, 5.41) is 4.27. The molecule has 1 amide bonds. The normalized spacial score (nSPS) is 28.5. The second kappa shape index (κ2) is 14.6. The summed E-state index contributed by atoms with van der Waals surface area (Å²) in [5.41, 5.74) is 6.85. The highest BCUT2D eigenvalue weighted by Gasteiger charge is 2.39. The molecule has 0 saturated carbocycles. The highest BCUT2D eigenvalue weighted by molar-refractivity contribution is 9.10. The third kappa shape index (κ3) is 7.05. The Morgan fingerprint density at radius 2 is 1.76 bits per heavy atom. The van der Waals surface area contributed by atoms with Gasteiger partial charge in [0.05, 0.1) is 16.6 Å². The van der Waals surface area contributed by atoms with Crippen LogP contribution in [0.2, 0.25) is 5.02 Å². The Hall–Kier alpha value is -2.03. The number of hydrogen-bond acceptors (Lipinski definition) is 5. The van der Waals surface area contributed by atoms with E-state index in [0.717, 1.165) is 95.8 Å². The Balaban J connectivity index is 1.06. The summed E-state index contributed by atoms with van der Waals surface area (Å²) in [6.45, 7) is 9.30. The number of benzene rings is 2. The van der Waals surface area contributed by atoms with Crippen LogP contribution in [0.15, 0.2) is 64.8 Å². The molecule has 0 bridgehead atoms. The van der Waals surface area contributed by atoms with Crippen molar-refractivity contribution in [3.05, 3.63) is 81.5 Å². The number of carbonyl (C=O) groups excluding carboxylic acids is 1. The van der Waals surface area contributed by atoms with E-state index in [-0.39, 0.29) is 16.9 Å². The molecule has 0 radical (unpaired) electrons. The number of aliphatic imine (C=N–C) groups is 1. The molecule has 3 saturated heterocycles. The average molecular weight is 707 g/mol. The summed E-state index contributed by atoms with van der Waals surface area (Å²) in [4.78, 5) is 26.8. The van der Waals surface area contributed by atoms with Crippen molar-refractivity contribution in [2.45, 2.75) is 81.2 Å². The van der Waals surface area contributed by atoms with Crippen molar-refractivity contribution in [1.82, 2.24) is 20.0 Å². The van der Waals surface area contributed by atoms with Crippen LogP contribution in [0.1, 0.15) is 68.2 Å². The number of nitrogens with one attached hydrogen (secondary N) is 1. The number of carbonyl (C=O) groups is 1. The maximum absolute atomic E-state index is 13.7. The molecule has 1 aliphatic carbocycles. The largest absolute Gasteiger partial charge is 0.337 e. The van der Waals surface area contributed by atoms with Gasteiger partial charge < -0.3 is 10.2 Å². The molecule has 46 heavy (non-hydrogen) atoms. The van der Waals surface area contributed by atoms with Crippen LogP contribution in [0.5, 0.6) is 0 Å². The zero-order valence-electron chi connectivity index (χ0n) is 27.2. The predicted octanol–water partition coefficient (Wildman–Crippen LogP) is 6.68. The third-order valence-corrected chi connectivity index (χ3v) is 12.8. The summed E-state index contributed by atoms with van der Waals surface area (Å²) >= 11 is 10.4. The number of alkyl halides is 1. The summed E-state index contributed by atoms with van der Waals surface area (Å²) in [6, 6.07) is 18.2. The van der Waals surface area contributed by atoms with E-state index < -0.39 is 0 Å². The average Bonchev–Trinajstić information content (AvgIpc) is 3.24. The van der Waals surface area contributed by atoms with Gasteiger partial charge in [-0.1, -0.05) is 70.9 Å². The fourth-order valence-corrected chi connectivity index (χ4v) is 9.43. The number of piperazine rings is 1. The van der Waals surface area contributed by atoms with E-state index in [4.69, 9.17) is 16.6 Å². The Morgan fingerprint density at radius 3 is 2.54 bits per heavy atom. The Morgan fingerprint density at radius 1 is 0.978 bits per heavy atom. The van der Waals surface area contributed by atoms with Crippen LogP contribution in [0.3, 0.4) is 0 Å². The maximum Gasteiger partial charge on any atom is 0.223 e. The SMILES string of the molecule is CC1C2=C(N=CC1Br)C(N1CCC(N3CCN(C(=O)CC4CCNCC4)[C@@H](Cc4ccccc4)C3)CC1)c1ccc(Cl)cc1CC2. The van der Waals surface area contributed by atoms with E-state index in [2.05, 4.69) is 97.6 Å². The van der Waals surface area contributed by atoms with Gasteiger partial charge in [-0.05, 0) is 104 Å². The standard InChI is InChI=1S/C38H49BrClN5O/c1-26-33-9-7-29-23-30(40)8-10-34(29)38(37(33)42-24-35(26)39)43-17-13-31(14-18-43)44-19-20-45(36(46)22-28-11-15-41-16-12-28)32(25-44)21-27-5-3-2-4-6-27/h2-6,8,10,23-24,26,28,31-32,35,38,41H,7,9,11-22,25H2,1H3/t26?,32-,35?,38?/m0/s1. The van der Waals surface area contributed by atoms with E-state index >= 15 is 0 Å². The number of piperidine rings is 2. The molecular formula is C38H49BrClN5O. The lowest BCUT2D eigenvalue weighted by atomic mass is 9.88. The van der Waals surface area contributed by atoms with Crippen molar-refractivity contribution in [2.75, 3.05) is 45.8 Å². The van der Waals surface area contributed by atoms with Crippen molar-refractivity contribution in [2.24, 2.45) is 16.8 Å². The van der Waals surface area contributed by atoms with Crippen LogP contribution in [0.4, 0.5) is 0 Å². The number of likely N-dealkylation sites (tertiary alicyclic amines) is 1. The van der Waals surface area contributed by atoms with Crippen LogP contribution in [0.25, 0.3) is 0 Å². The number of rotatable bonds is 6. The van der Waals surface area contributed by atoms with Crippen LogP contribution in [-0.4, -0.2) is 89.5 Å². The monoisotopic (exact) mass is 705 g/mol. The van der Waals surface area contributed by atoms with Gasteiger partial charge >= 0.3 is 0 Å². The van der Waals surface area contributed by atoms with Crippen molar-refractivity contribution in [3.8, 4) is 0 Å². The number of allylic oxidation sites excluding steroid dienone is 1. The molecule has 0 spiro atoms. The van der Waals surface area contributed by atoms with Gasteiger partial charge in [-0.2, -0.15) is 0 Å². The maximum atomic E-state index is 13.7. The lowest BCUT2D eigenvalue weighted by molar-refractivity contribution is -0.138. The van der Waals surface area contributed by atoms with Crippen molar-refractivity contribution in [3.63, 3.8) is 0 Å². The van der Waals surface area contributed by atoms with Crippen molar-refractivity contribution < 1.29 is 4.79 Å². The van der Waals surface area contributed by atoms with E-state index in [1.165, 1.54) is 28.0 Å². The molecule has 4 atom stereocenters. The van der Waals surface area contributed by atoms with Gasteiger partial charge in [-0.15, -0.1) is 0 Å². The van der Waals surface area contributed by atoms with Crippen LogP contribution >= 0.6 is 27.5 Å². The van der Waals surface area contributed by atoms with Gasteiger partial charge in [0.2, 0.25) is 5.91 Å². The first kappa shape index (κ1) is 32.5. The predicted molar refractivity (Wildman–Crippen MR) is 192 cm³/mol. The van der Waals surface area contributed by atoms with Crippen LogP contribution in [-0.2, 0) is 17.6 Å². The van der Waals surface area contributed by atoms with Crippen molar-refractivity contribution >= 4 is 39.7 Å². The highest BCUT2D eigenvalue weighted by atomic mass is 79.9. The molecule has 246 valence electrons. The highest BCUT2D eigenvalue weighted by Crippen LogP contribution is 2.44. The number of aryl methyl sites for hydroxylation is 1. The van der Waals surface area contributed by atoms with E-state index in [0.29, 0.717) is 30.2 Å². The topological polar surface area (TPSA) is 51.2 Å². The molecule has 2 aromatic carbocycles. The minimum Gasteiger partial charge on any atom is -0.337 e. The minimum atomic E-state index is 0.180. The van der Waals surface area contributed by atoms with Gasteiger partial charge in [0.1, 0.15) is 0 Å². The van der Waals surface area contributed by atoms with E-state index in [9.17, 15) is 4.79 Å². The first-order valence-corrected chi connectivity index (χ1v) is 19.0. The molecule has 5 aliphatic rings. The number of nitrogens with zero attached hydrogens (tertiary/aromatic N) is 4. The smallest absolute Gasteiger partial charge is 0.223 e. The fraction of sp³-hybridized carbons (Fsp3) is 0.579. The van der Waals surface area contributed by atoms with Gasteiger partial charge in [-0.3, -0.25) is 19.6 Å². The van der Waals surface area contributed by atoms with Crippen LogP contribution < -0.4 is 5.32 Å². The van der Waals surface area contributed by atoms with E-state index in [1.54, 1.807) is 0 Å².